The lowest BCUT2D eigenvalue weighted by Crippen LogP contribution is -2.34. The SMILES string of the molecule is Cc1ccc(-c2cc(C=O)cc(OCCNC(=O)OC(C)(C)C)c2)cc1C. The van der Waals surface area contributed by atoms with Crippen LogP contribution in [0.3, 0.4) is 0 Å². The van der Waals surface area contributed by atoms with Gasteiger partial charge in [0, 0.05) is 5.56 Å². The Kier molecular flexibility index (Phi) is 6.61. The van der Waals surface area contributed by atoms with Gasteiger partial charge >= 0.3 is 6.09 Å². The van der Waals surface area contributed by atoms with Crippen LogP contribution in [0.2, 0.25) is 0 Å². The molecule has 0 heterocycles. The van der Waals surface area contributed by atoms with Gasteiger partial charge in [-0.2, -0.15) is 0 Å². The summed E-state index contributed by atoms with van der Waals surface area (Å²) in [5.74, 6) is 0.582. The van der Waals surface area contributed by atoms with E-state index in [1.54, 1.807) is 6.07 Å². The fourth-order valence-corrected chi connectivity index (χ4v) is 2.50. The summed E-state index contributed by atoms with van der Waals surface area (Å²) in [6.07, 6.45) is 0.319. The van der Waals surface area contributed by atoms with Crippen molar-refractivity contribution in [3.05, 3.63) is 53.1 Å². The zero-order chi connectivity index (χ0) is 20.0. The van der Waals surface area contributed by atoms with Crippen LogP contribution in [0, 0.1) is 13.8 Å². The highest BCUT2D eigenvalue weighted by molar-refractivity contribution is 5.80. The second kappa shape index (κ2) is 8.71. The largest absolute Gasteiger partial charge is 0.492 e. The van der Waals surface area contributed by atoms with E-state index in [-0.39, 0.29) is 6.61 Å². The number of carbonyl (C=O) groups excluding carboxylic acids is 2. The highest BCUT2D eigenvalue weighted by Gasteiger charge is 2.15. The quantitative estimate of drug-likeness (QED) is 0.593. The summed E-state index contributed by atoms with van der Waals surface area (Å²) in [5.41, 5.74) is 4.35. The van der Waals surface area contributed by atoms with E-state index in [0.717, 1.165) is 17.4 Å². The van der Waals surface area contributed by atoms with Crippen molar-refractivity contribution in [2.24, 2.45) is 0 Å². The average Bonchev–Trinajstić information content (AvgIpc) is 2.59. The number of nitrogens with one attached hydrogen (secondary N) is 1. The van der Waals surface area contributed by atoms with E-state index in [2.05, 4.69) is 31.3 Å². The van der Waals surface area contributed by atoms with Crippen molar-refractivity contribution in [2.45, 2.75) is 40.2 Å². The number of aryl methyl sites for hydroxylation is 2. The number of ether oxygens (including phenoxy) is 2. The molecular weight excluding hydrogens is 342 g/mol. The lowest BCUT2D eigenvalue weighted by atomic mass is 9.99. The lowest BCUT2D eigenvalue weighted by Gasteiger charge is -2.19. The number of rotatable bonds is 6. The summed E-state index contributed by atoms with van der Waals surface area (Å²) < 4.78 is 10.9. The molecule has 0 aliphatic heterocycles. The predicted molar refractivity (Wildman–Crippen MR) is 106 cm³/mol. The van der Waals surface area contributed by atoms with Gasteiger partial charge in [-0.3, -0.25) is 4.79 Å². The third-order valence-electron chi connectivity index (χ3n) is 3.94. The molecule has 0 radical (unpaired) electrons. The standard InChI is InChI=1S/C22H27NO4/c1-15-6-7-18(10-16(15)2)19-11-17(14-24)12-20(13-19)26-9-8-23-21(25)27-22(3,4)5/h6-7,10-14H,8-9H2,1-5H3,(H,23,25). The first-order valence-electron chi connectivity index (χ1n) is 8.95. The topological polar surface area (TPSA) is 64.6 Å². The summed E-state index contributed by atoms with van der Waals surface area (Å²) in [7, 11) is 0. The van der Waals surface area contributed by atoms with Crippen LogP contribution in [0.15, 0.2) is 36.4 Å². The minimum absolute atomic E-state index is 0.272. The Morgan fingerprint density at radius 1 is 1.04 bits per heavy atom. The summed E-state index contributed by atoms with van der Waals surface area (Å²) >= 11 is 0. The Morgan fingerprint density at radius 2 is 1.78 bits per heavy atom. The molecule has 0 atom stereocenters. The number of alkyl carbamates (subject to hydrolysis) is 1. The van der Waals surface area contributed by atoms with Gasteiger partial charge in [0.1, 0.15) is 24.2 Å². The van der Waals surface area contributed by atoms with E-state index in [4.69, 9.17) is 9.47 Å². The van der Waals surface area contributed by atoms with Crippen LogP contribution in [-0.4, -0.2) is 31.1 Å². The van der Waals surface area contributed by atoms with Gasteiger partial charge in [-0.25, -0.2) is 4.79 Å². The van der Waals surface area contributed by atoms with Crippen LogP contribution in [-0.2, 0) is 4.74 Å². The van der Waals surface area contributed by atoms with E-state index in [0.29, 0.717) is 17.9 Å². The minimum atomic E-state index is -0.537. The van der Waals surface area contributed by atoms with Crippen LogP contribution < -0.4 is 10.1 Å². The molecule has 2 rings (SSSR count). The zero-order valence-electron chi connectivity index (χ0n) is 16.6. The predicted octanol–water partition coefficient (Wildman–Crippen LogP) is 4.69. The van der Waals surface area contributed by atoms with Crippen LogP contribution in [0.1, 0.15) is 42.3 Å². The van der Waals surface area contributed by atoms with Gasteiger partial charge in [0.2, 0.25) is 0 Å². The molecule has 0 saturated heterocycles. The maximum atomic E-state index is 11.6. The number of benzene rings is 2. The molecule has 1 N–H and O–H groups in total. The normalized spacial score (nSPS) is 11.0. The maximum Gasteiger partial charge on any atom is 0.407 e. The first kappa shape index (κ1) is 20.5. The van der Waals surface area contributed by atoms with Crippen molar-refractivity contribution in [2.75, 3.05) is 13.2 Å². The number of amides is 1. The molecule has 1 amide bonds. The second-order valence-corrected chi connectivity index (χ2v) is 7.48. The fraction of sp³-hybridized carbons (Fsp3) is 0.364. The van der Waals surface area contributed by atoms with E-state index in [9.17, 15) is 9.59 Å². The molecular formula is C22H27NO4. The van der Waals surface area contributed by atoms with Gasteiger partial charge < -0.3 is 14.8 Å². The van der Waals surface area contributed by atoms with Gasteiger partial charge in [-0.05, 0) is 75.1 Å². The van der Waals surface area contributed by atoms with Gasteiger partial charge in [0.15, 0.2) is 0 Å². The molecule has 27 heavy (non-hydrogen) atoms. The molecule has 2 aromatic rings. The highest BCUT2D eigenvalue weighted by Crippen LogP contribution is 2.27. The number of carbonyl (C=O) groups is 2. The third kappa shape index (κ3) is 6.44. The van der Waals surface area contributed by atoms with Crippen LogP contribution >= 0.6 is 0 Å². The number of hydrogen-bond acceptors (Lipinski definition) is 4. The Morgan fingerprint density at radius 3 is 2.41 bits per heavy atom. The highest BCUT2D eigenvalue weighted by atomic mass is 16.6. The van der Waals surface area contributed by atoms with E-state index < -0.39 is 11.7 Å². The second-order valence-electron chi connectivity index (χ2n) is 7.48. The average molecular weight is 369 g/mol. The van der Waals surface area contributed by atoms with Crippen molar-refractivity contribution >= 4 is 12.4 Å². The van der Waals surface area contributed by atoms with Crippen molar-refractivity contribution in [1.29, 1.82) is 0 Å². The molecule has 0 aliphatic carbocycles. The summed E-state index contributed by atoms with van der Waals surface area (Å²) in [6, 6.07) is 11.6. The van der Waals surface area contributed by atoms with E-state index in [1.165, 1.54) is 11.1 Å². The monoisotopic (exact) mass is 369 g/mol. The Hall–Kier alpha value is -2.82. The van der Waals surface area contributed by atoms with Crippen LogP contribution in [0.25, 0.3) is 11.1 Å². The molecule has 5 heteroatoms. The van der Waals surface area contributed by atoms with Crippen molar-refractivity contribution in [1.82, 2.24) is 5.32 Å². The molecule has 2 aromatic carbocycles. The molecule has 144 valence electrons. The first-order chi connectivity index (χ1) is 12.7. The molecule has 5 nitrogen and oxygen atoms in total. The molecule has 0 bridgehead atoms. The van der Waals surface area contributed by atoms with Crippen molar-refractivity contribution in [3.8, 4) is 16.9 Å². The van der Waals surface area contributed by atoms with Gasteiger partial charge in [0.25, 0.3) is 0 Å². The van der Waals surface area contributed by atoms with E-state index >= 15 is 0 Å². The van der Waals surface area contributed by atoms with E-state index in [1.807, 2.05) is 39.0 Å². The van der Waals surface area contributed by atoms with Crippen molar-refractivity contribution in [3.63, 3.8) is 0 Å². The third-order valence-corrected chi connectivity index (χ3v) is 3.94. The summed E-state index contributed by atoms with van der Waals surface area (Å²) in [5, 5.41) is 2.64. The molecule has 0 aliphatic rings. The van der Waals surface area contributed by atoms with Crippen LogP contribution in [0.4, 0.5) is 4.79 Å². The number of aldehydes is 1. The Labute approximate surface area is 160 Å². The number of hydrogen-bond donors (Lipinski definition) is 1. The van der Waals surface area contributed by atoms with Crippen molar-refractivity contribution < 1.29 is 19.1 Å². The first-order valence-corrected chi connectivity index (χ1v) is 8.95. The zero-order valence-corrected chi connectivity index (χ0v) is 16.6. The molecule has 0 aromatic heterocycles. The lowest BCUT2D eigenvalue weighted by molar-refractivity contribution is 0.0520. The van der Waals surface area contributed by atoms with Gasteiger partial charge in [0.05, 0.1) is 6.54 Å². The molecule has 0 fully saturated rings. The Bertz CT molecular complexity index is 822. The fourth-order valence-electron chi connectivity index (χ4n) is 2.50. The van der Waals surface area contributed by atoms with Crippen LogP contribution in [0.5, 0.6) is 5.75 Å². The van der Waals surface area contributed by atoms with Gasteiger partial charge in [-0.1, -0.05) is 18.2 Å². The summed E-state index contributed by atoms with van der Waals surface area (Å²) in [4.78, 5) is 22.9. The Balaban J connectivity index is 2.04. The molecule has 0 saturated carbocycles. The van der Waals surface area contributed by atoms with Gasteiger partial charge in [-0.15, -0.1) is 0 Å². The maximum absolute atomic E-state index is 11.6. The smallest absolute Gasteiger partial charge is 0.407 e. The molecule has 0 spiro atoms. The minimum Gasteiger partial charge on any atom is -0.492 e. The summed E-state index contributed by atoms with van der Waals surface area (Å²) in [6.45, 7) is 10.1. The molecule has 0 unspecified atom stereocenters.